The Balaban J connectivity index is 1.64. The first-order chi connectivity index (χ1) is 14.6. The molecular formula is C20H18Cl2F3N3O2S. The quantitative estimate of drug-likeness (QED) is 0.472. The van der Waals surface area contributed by atoms with E-state index in [-0.39, 0.29) is 0 Å². The van der Waals surface area contributed by atoms with Crippen molar-refractivity contribution in [1.82, 2.24) is 15.0 Å². The van der Waals surface area contributed by atoms with Gasteiger partial charge in [0.2, 0.25) is 0 Å². The zero-order valence-corrected chi connectivity index (χ0v) is 18.4. The molecule has 0 radical (unpaired) electrons. The molecule has 1 saturated carbocycles. The molecule has 2 N–H and O–H groups in total. The molecular weight excluding hydrogens is 474 g/mol. The van der Waals surface area contributed by atoms with Gasteiger partial charge < -0.3 is 0 Å². The number of alkyl halides is 3. The summed E-state index contributed by atoms with van der Waals surface area (Å²) in [5.74, 6) is -0.669. The van der Waals surface area contributed by atoms with Crippen LogP contribution in [0.3, 0.4) is 0 Å². The second-order valence-corrected chi connectivity index (χ2v) is 8.75. The number of carbonyl (C=O) groups is 2. The maximum absolute atomic E-state index is 12.7. The Morgan fingerprint density at radius 3 is 2.45 bits per heavy atom. The van der Waals surface area contributed by atoms with Crippen LogP contribution in [0.4, 0.5) is 18.0 Å². The molecule has 31 heavy (non-hydrogen) atoms. The Labute approximate surface area is 191 Å². The van der Waals surface area contributed by atoms with Crippen molar-refractivity contribution in [1.29, 1.82) is 0 Å². The normalized spacial score (nSPS) is 14.9. The molecule has 0 saturated heterocycles. The van der Waals surface area contributed by atoms with Crippen LogP contribution < -0.4 is 10.0 Å². The lowest BCUT2D eigenvalue weighted by Crippen LogP contribution is -2.37. The Morgan fingerprint density at radius 2 is 1.81 bits per heavy atom. The van der Waals surface area contributed by atoms with Crippen molar-refractivity contribution in [2.75, 3.05) is 0 Å². The Kier molecular flexibility index (Phi) is 7.72. The molecule has 166 valence electrons. The molecule has 3 rings (SSSR count). The smallest absolute Gasteiger partial charge is 0.277 e. The molecule has 0 bridgehead atoms. The van der Waals surface area contributed by atoms with E-state index in [1.165, 1.54) is 6.42 Å². The molecule has 3 amide bonds. The summed E-state index contributed by atoms with van der Waals surface area (Å²) in [5.41, 5.74) is -0.535. The molecule has 0 spiro atoms. The number of pyridine rings is 1. The van der Waals surface area contributed by atoms with Gasteiger partial charge >= 0.3 is 12.2 Å². The van der Waals surface area contributed by atoms with Gasteiger partial charge in [-0.15, -0.1) is 0 Å². The summed E-state index contributed by atoms with van der Waals surface area (Å²) < 4.78 is 40.6. The van der Waals surface area contributed by atoms with E-state index < -0.39 is 34.4 Å². The fourth-order valence-corrected chi connectivity index (χ4v) is 4.56. The molecule has 1 aromatic heterocycles. The van der Waals surface area contributed by atoms with E-state index in [1.807, 2.05) is 11.4 Å². The van der Waals surface area contributed by atoms with Gasteiger partial charge in [0, 0.05) is 16.1 Å². The molecule has 0 aliphatic heterocycles. The molecule has 2 aromatic rings. The zero-order valence-electron chi connectivity index (χ0n) is 16.1. The van der Waals surface area contributed by atoms with Crippen LogP contribution in [-0.4, -0.2) is 16.9 Å². The summed E-state index contributed by atoms with van der Waals surface area (Å²) in [6.45, 7) is 0. The number of benzene rings is 1. The van der Waals surface area contributed by atoms with E-state index in [9.17, 15) is 22.8 Å². The predicted molar refractivity (Wildman–Crippen MR) is 113 cm³/mol. The van der Waals surface area contributed by atoms with Crippen molar-refractivity contribution >= 4 is 47.1 Å². The highest BCUT2D eigenvalue weighted by molar-refractivity contribution is 7.98. The molecule has 1 aliphatic carbocycles. The fourth-order valence-electron chi connectivity index (χ4n) is 3.39. The summed E-state index contributed by atoms with van der Waals surface area (Å²) in [6.07, 6.45) is 1.37. The average molecular weight is 492 g/mol. The predicted octanol–water partition coefficient (Wildman–Crippen LogP) is 6.60. The molecule has 1 aliphatic rings. The number of hydrogen-bond acceptors (Lipinski definition) is 4. The Morgan fingerprint density at radius 1 is 1.10 bits per heavy atom. The van der Waals surface area contributed by atoms with Gasteiger partial charge in [-0.05, 0) is 60.5 Å². The average Bonchev–Trinajstić information content (AvgIpc) is 2.72. The standard InChI is InChI=1S/C20H18Cl2F3N3O2S/c21-13-6-7-16(14(9-13)11-4-2-1-3-5-11)31-28-19(30)27-18(29)17-15(22)8-12(10-26-17)20(23,24)25/h6-11H,1-5H2,(H2,27,28,29,30). The lowest BCUT2D eigenvalue weighted by molar-refractivity contribution is -0.137. The maximum Gasteiger partial charge on any atom is 0.417 e. The van der Waals surface area contributed by atoms with Crippen LogP contribution in [0, 0.1) is 0 Å². The van der Waals surface area contributed by atoms with Crippen LogP contribution in [0.25, 0.3) is 0 Å². The van der Waals surface area contributed by atoms with E-state index in [2.05, 4.69) is 9.71 Å². The number of imide groups is 1. The lowest BCUT2D eigenvalue weighted by atomic mass is 9.84. The molecule has 11 heteroatoms. The third kappa shape index (κ3) is 6.27. The Hall–Kier alpha value is -1.97. The van der Waals surface area contributed by atoms with Crippen LogP contribution in [0.2, 0.25) is 10.0 Å². The minimum absolute atomic E-state index is 0.344. The maximum atomic E-state index is 12.7. The minimum atomic E-state index is -4.64. The first-order valence-corrected chi connectivity index (χ1v) is 11.0. The van der Waals surface area contributed by atoms with Gasteiger partial charge in [-0.1, -0.05) is 42.5 Å². The first-order valence-electron chi connectivity index (χ1n) is 9.45. The van der Waals surface area contributed by atoms with Crippen molar-refractivity contribution in [2.24, 2.45) is 0 Å². The summed E-state index contributed by atoms with van der Waals surface area (Å²) in [7, 11) is 0. The summed E-state index contributed by atoms with van der Waals surface area (Å²) in [6, 6.07) is 5.13. The number of amides is 3. The lowest BCUT2D eigenvalue weighted by Gasteiger charge is -2.24. The number of hydrogen-bond donors (Lipinski definition) is 2. The van der Waals surface area contributed by atoms with Crippen molar-refractivity contribution in [3.05, 3.63) is 57.3 Å². The van der Waals surface area contributed by atoms with E-state index >= 15 is 0 Å². The van der Waals surface area contributed by atoms with E-state index in [4.69, 9.17) is 23.2 Å². The number of halogens is 5. The number of carbonyl (C=O) groups excluding carboxylic acids is 2. The van der Waals surface area contributed by atoms with Crippen LogP contribution in [0.1, 0.15) is 59.6 Å². The van der Waals surface area contributed by atoms with Gasteiger partial charge in [0.25, 0.3) is 5.91 Å². The number of nitrogens with zero attached hydrogens (tertiary/aromatic N) is 1. The summed E-state index contributed by atoms with van der Waals surface area (Å²) in [4.78, 5) is 28.6. The monoisotopic (exact) mass is 491 g/mol. The Bertz CT molecular complexity index is 983. The van der Waals surface area contributed by atoms with Crippen molar-refractivity contribution < 1.29 is 22.8 Å². The van der Waals surface area contributed by atoms with Crippen LogP contribution in [-0.2, 0) is 6.18 Å². The number of aromatic nitrogens is 1. The van der Waals surface area contributed by atoms with Gasteiger partial charge in [0.15, 0.2) is 0 Å². The van der Waals surface area contributed by atoms with E-state index in [1.54, 1.807) is 12.1 Å². The van der Waals surface area contributed by atoms with Crippen molar-refractivity contribution in [3.8, 4) is 0 Å². The third-order valence-electron chi connectivity index (χ3n) is 4.88. The SMILES string of the molecule is O=C(NSc1ccc(Cl)cc1C1CCCCC1)NC(=O)c1ncc(C(F)(F)F)cc1Cl. The second kappa shape index (κ2) is 10.1. The van der Waals surface area contributed by atoms with Crippen molar-refractivity contribution in [2.45, 2.75) is 49.1 Å². The minimum Gasteiger partial charge on any atom is -0.277 e. The van der Waals surface area contributed by atoms with Gasteiger partial charge in [-0.2, -0.15) is 13.2 Å². The fraction of sp³-hybridized carbons (Fsp3) is 0.350. The molecule has 1 aromatic carbocycles. The first kappa shape index (κ1) is 23.7. The highest BCUT2D eigenvalue weighted by Gasteiger charge is 2.32. The number of rotatable bonds is 4. The zero-order chi connectivity index (χ0) is 22.6. The highest BCUT2D eigenvalue weighted by atomic mass is 35.5. The third-order valence-corrected chi connectivity index (χ3v) is 6.28. The summed E-state index contributed by atoms with van der Waals surface area (Å²) in [5, 5.41) is 2.11. The number of nitrogens with one attached hydrogen (secondary N) is 2. The van der Waals surface area contributed by atoms with Crippen LogP contribution in [0.15, 0.2) is 35.4 Å². The van der Waals surface area contributed by atoms with Crippen molar-refractivity contribution in [3.63, 3.8) is 0 Å². The second-order valence-electron chi connectivity index (χ2n) is 7.06. The van der Waals surface area contributed by atoms with Gasteiger partial charge in [-0.25, -0.2) is 9.78 Å². The molecule has 1 heterocycles. The number of urea groups is 1. The molecule has 5 nitrogen and oxygen atoms in total. The highest BCUT2D eigenvalue weighted by Crippen LogP contribution is 2.38. The molecule has 1 fully saturated rings. The van der Waals surface area contributed by atoms with Gasteiger partial charge in [-0.3, -0.25) is 14.8 Å². The van der Waals surface area contributed by atoms with E-state index in [0.29, 0.717) is 23.2 Å². The molecule has 0 unspecified atom stereocenters. The molecule has 0 atom stereocenters. The van der Waals surface area contributed by atoms with Crippen LogP contribution >= 0.6 is 35.1 Å². The van der Waals surface area contributed by atoms with Crippen LogP contribution in [0.5, 0.6) is 0 Å². The largest absolute Gasteiger partial charge is 0.417 e. The van der Waals surface area contributed by atoms with Gasteiger partial charge in [0.1, 0.15) is 5.69 Å². The van der Waals surface area contributed by atoms with E-state index in [0.717, 1.165) is 48.1 Å². The van der Waals surface area contributed by atoms with Gasteiger partial charge in [0.05, 0.1) is 10.6 Å². The summed E-state index contributed by atoms with van der Waals surface area (Å²) >= 11 is 12.9. The topological polar surface area (TPSA) is 71.1 Å².